The molecule has 88 valence electrons. The lowest BCUT2D eigenvalue weighted by Crippen LogP contribution is -2.17. The second kappa shape index (κ2) is 6.37. The van der Waals surface area contributed by atoms with Crippen molar-refractivity contribution in [1.82, 2.24) is 4.98 Å². The molecule has 1 unspecified atom stereocenters. The molecule has 16 heavy (non-hydrogen) atoms. The van der Waals surface area contributed by atoms with Gasteiger partial charge in [0.15, 0.2) is 0 Å². The summed E-state index contributed by atoms with van der Waals surface area (Å²) in [4.78, 5) is 14.8. The Bertz CT molecular complexity index is 358. The average molecular weight is 240 g/mol. The van der Waals surface area contributed by atoms with Gasteiger partial charge in [-0.1, -0.05) is 0 Å². The van der Waals surface area contributed by atoms with Crippen LogP contribution in [0.3, 0.4) is 0 Å². The maximum atomic E-state index is 10.8. The van der Waals surface area contributed by atoms with Crippen LogP contribution in [0.2, 0.25) is 0 Å². The monoisotopic (exact) mass is 240 g/mol. The number of nitrogens with zero attached hydrogens (tertiary/aromatic N) is 1. The van der Waals surface area contributed by atoms with Crippen molar-refractivity contribution in [1.29, 1.82) is 0 Å². The predicted octanol–water partition coefficient (Wildman–Crippen LogP) is 2.33. The van der Waals surface area contributed by atoms with E-state index in [1.165, 1.54) is 12.3 Å². The van der Waals surface area contributed by atoms with E-state index in [1.807, 2.05) is 0 Å². The summed E-state index contributed by atoms with van der Waals surface area (Å²) in [6.45, 7) is 2.06. The third-order valence-electron chi connectivity index (χ3n) is 2.16. The summed E-state index contributed by atoms with van der Waals surface area (Å²) in [5.74, 6) is 0.767. The maximum Gasteiger partial charge on any atom is 0.335 e. The normalized spacial score (nSPS) is 12.1. The van der Waals surface area contributed by atoms with Crippen molar-refractivity contribution in [3.05, 3.63) is 23.9 Å². The van der Waals surface area contributed by atoms with Crippen molar-refractivity contribution in [2.24, 2.45) is 0 Å². The molecule has 0 bridgehead atoms. The molecule has 2 N–H and O–H groups in total. The molecule has 0 aliphatic heterocycles. The van der Waals surface area contributed by atoms with Crippen LogP contribution in [0.5, 0.6) is 0 Å². The second-order valence-electron chi connectivity index (χ2n) is 3.56. The number of carboxylic acid groups (broad SMARTS) is 1. The van der Waals surface area contributed by atoms with Crippen molar-refractivity contribution in [2.75, 3.05) is 17.3 Å². The van der Waals surface area contributed by atoms with Crippen molar-refractivity contribution < 1.29 is 9.90 Å². The molecule has 0 saturated heterocycles. The zero-order valence-electron chi connectivity index (χ0n) is 9.43. The van der Waals surface area contributed by atoms with Gasteiger partial charge in [0.05, 0.1) is 5.56 Å². The Balaban J connectivity index is 2.59. The third-order valence-corrected chi connectivity index (χ3v) is 2.80. The lowest BCUT2D eigenvalue weighted by molar-refractivity contribution is 0.0697. The first-order valence-corrected chi connectivity index (χ1v) is 6.47. The fourth-order valence-corrected chi connectivity index (χ4v) is 1.85. The Labute approximate surface area is 99.5 Å². The van der Waals surface area contributed by atoms with Crippen LogP contribution in [-0.2, 0) is 0 Å². The van der Waals surface area contributed by atoms with E-state index >= 15 is 0 Å². The van der Waals surface area contributed by atoms with Gasteiger partial charge in [0.2, 0.25) is 0 Å². The number of hydrogen-bond acceptors (Lipinski definition) is 4. The summed E-state index contributed by atoms with van der Waals surface area (Å²) in [6.07, 6.45) is 4.60. The first kappa shape index (κ1) is 12.8. The van der Waals surface area contributed by atoms with Crippen molar-refractivity contribution in [3.8, 4) is 0 Å². The summed E-state index contributed by atoms with van der Waals surface area (Å²) in [5, 5.41) is 12.0. The zero-order chi connectivity index (χ0) is 12.0. The van der Waals surface area contributed by atoms with Gasteiger partial charge < -0.3 is 10.4 Å². The third kappa shape index (κ3) is 4.10. The number of hydrogen-bond donors (Lipinski definition) is 2. The van der Waals surface area contributed by atoms with Crippen molar-refractivity contribution in [2.45, 2.75) is 19.4 Å². The smallest absolute Gasteiger partial charge is 0.335 e. The van der Waals surface area contributed by atoms with Crippen LogP contribution in [0.1, 0.15) is 23.7 Å². The molecule has 0 saturated carbocycles. The topological polar surface area (TPSA) is 62.2 Å². The lowest BCUT2D eigenvalue weighted by Gasteiger charge is -2.13. The minimum absolute atomic E-state index is 0.259. The molecule has 1 heterocycles. The number of pyridine rings is 1. The van der Waals surface area contributed by atoms with E-state index in [-0.39, 0.29) is 5.56 Å². The van der Waals surface area contributed by atoms with E-state index in [2.05, 4.69) is 23.5 Å². The molecule has 1 atom stereocenters. The molecule has 0 aliphatic carbocycles. The van der Waals surface area contributed by atoms with Gasteiger partial charge in [0, 0.05) is 12.2 Å². The summed E-state index contributed by atoms with van der Waals surface area (Å²) in [7, 11) is 0. The van der Waals surface area contributed by atoms with Crippen LogP contribution < -0.4 is 5.32 Å². The van der Waals surface area contributed by atoms with Gasteiger partial charge in [-0.25, -0.2) is 9.78 Å². The van der Waals surface area contributed by atoms with E-state index in [9.17, 15) is 4.79 Å². The van der Waals surface area contributed by atoms with Crippen molar-refractivity contribution >= 4 is 23.5 Å². The number of anilines is 1. The van der Waals surface area contributed by atoms with Gasteiger partial charge in [0.1, 0.15) is 5.82 Å². The molecule has 0 aromatic carbocycles. The minimum Gasteiger partial charge on any atom is -0.478 e. The SMILES string of the molecule is CSCCC(C)Nc1cc(C(=O)O)ccn1. The van der Waals surface area contributed by atoms with Gasteiger partial charge in [-0.2, -0.15) is 11.8 Å². The Morgan fingerprint density at radius 3 is 3.06 bits per heavy atom. The van der Waals surface area contributed by atoms with Crippen LogP contribution in [0.4, 0.5) is 5.82 Å². The molecule has 1 aromatic heterocycles. The molecule has 0 spiro atoms. The fourth-order valence-electron chi connectivity index (χ4n) is 1.26. The molecule has 1 aromatic rings. The summed E-state index contributed by atoms with van der Waals surface area (Å²) >= 11 is 1.79. The number of aromatic nitrogens is 1. The summed E-state index contributed by atoms with van der Waals surface area (Å²) < 4.78 is 0. The molecule has 0 fully saturated rings. The molecule has 0 aliphatic rings. The largest absolute Gasteiger partial charge is 0.478 e. The Hall–Kier alpha value is -1.23. The minimum atomic E-state index is -0.929. The second-order valence-corrected chi connectivity index (χ2v) is 4.55. The van der Waals surface area contributed by atoms with Gasteiger partial charge in [-0.05, 0) is 37.5 Å². The number of carbonyl (C=O) groups is 1. The molecular formula is C11H16N2O2S. The molecule has 0 amide bonds. The van der Waals surface area contributed by atoms with E-state index in [0.717, 1.165) is 12.2 Å². The predicted molar refractivity (Wildman–Crippen MR) is 67.3 cm³/mol. The van der Waals surface area contributed by atoms with Crippen LogP contribution >= 0.6 is 11.8 Å². The summed E-state index contributed by atoms with van der Waals surface area (Å²) in [5.41, 5.74) is 0.259. The van der Waals surface area contributed by atoms with Crippen LogP contribution in [0.15, 0.2) is 18.3 Å². The molecule has 4 nitrogen and oxygen atoms in total. The maximum absolute atomic E-state index is 10.8. The van der Waals surface area contributed by atoms with Crippen LogP contribution in [-0.4, -0.2) is 34.1 Å². The molecule has 0 radical (unpaired) electrons. The van der Waals surface area contributed by atoms with Gasteiger partial charge in [0.25, 0.3) is 0 Å². The van der Waals surface area contributed by atoms with Crippen molar-refractivity contribution in [3.63, 3.8) is 0 Å². The van der Waals surface area contributed by atoms with Gasteiger partial charge >= 0.3 is 5.97 Å². The molecular weight excluding hydrogens is 224 g/mol. The zero-order valence-corrected chi connectivity index (χ0v) is 10.3. The fraction of sp³-hybridized carbons (Fsp3) is 0.455. The number of thioether (sulfide) groups is 1. The first-order chi connectivity index (χ1) is 7.63. The molecule has 1 rings (SSSR count). The van der Waals surface area contributed by atoms with Crippen LogP contribution in [0, 0.1) is 0 Å². The lowest BCUT2D eigenvalue weighted by atomic mass is 10.2. The van der Waals surface area contributed by atoms with E-state index in [1.54, 1.807) is 17.8 Å². The Morgan fingerprint density at radius 2 is 2.44 bits per heavy atom. The number of rotatable bonds is 6. The first-order valence-electron chi connectivity index (χ1n) is 5.08. The number of carboxylic acids is 1. The molecule has 5 heteroatoms. The average Bonchev–Trinajstić information content (AvgIpc) is 2.26. The van der Waals surface area contributed by atoms with E-state index in [0.29, 0.717) is 11.9 Å². The highest BCUT2D eigenvalue weighted by atomic mass is 32.2. The Morgan fingerprint density at radius 1 is 1.69 bits per heavy atom. The summed E-state index contributed by atoms with van der Waals surface area (Å²) in [6, 6.07) is 3.34. The highest BCUT2D eigenvalue weighted by molar-refractivity contribution is 7.98. The van der Waals surface area contributed by atoms with Gasteiger partial charge in [-0.15, -0.1) is 0 Å². The van der Waals surface area contributed by atoms with E-state index < -0.39 is 5.97 Å². The quantitative estimate of drug-likeness (QED) is 0.799. The highest BCUT2D eigenvalue weighted by Gasteiger charge is 2.06. The highest BCUT2D eigenvalue weighted by Crippen LogP contribution is 2.10. The van der Waals surface area contributed by atoms with Crippen LogP contribution in [0.25, 0.3) is 0 Å². The van der Waals surface area contributed by atoms with E-state index in [4.69, 9.17) is 5.11 Å². The Kier molecular flexibility index (Phi) is 5.11. The standard InChI is InChI=1S/C11H16N2O2S/c1-8(4-6-16-2)13-10-7-9(11(14)15)3-5-12-10/h3,5,7-8H,4,6H2,1-2H3,(H,12,13)(H,14,15). The number of aromatic carboxylic acids is 1. The number of nitrogens with one attached hydrogen (secondary N) is 1. The van der Waals surface area contributed by atoms with Gasteiger partial charge in [-0.3, -0.25) is 0 Å².